The van der Waals surface area contributed by atoms with Gasteiger partial charge in [-0.05, 0) is 12.1 Å². The lowest BCUT2D eigenvalue weighted by molar-refractivity contribution is -0.0791. The molecule has 13 heavy (non-hydrogen) atoms. The minimum absolute atomic E-state index is 0.0624. The van der Waals surface area contributed by atoms with Crippen molar-refractivity contribution >= 4 is 6.08 Å². The van der Waals surface area contributed by atoms with Gasteiger partial charge in [-0.2, -0.15) is 0 Å². The summed E-state index contributed by atoms with van der Waals surface area (Å²) in [5, 5.41) is 9.21. The van der Waals surface area contributed by atoms with Crippen LogP contribution in [0.5, 0.6) is 0 Å². The number of aliphatic hydroxyl groups is 1. The van der Waals surface area contributed by atoms with Crippen molar-refractivity contribution in [3.63, 3.8) is 0 Å². The smallest absolute Gasteiger partial charge is 0.183 e. The molecule has 0 aliphatic carbocycles. The third-order valence-electron chi connectivity index (χ3n) is 1.63. The molecule has 70 valence electrons. The molecule has 4 heteroatoms. The number of hydrogen-bond acceptors (Lipinski definition) is 3. The molecule has 1 rings (SSSR count). The molecule has 0 radical (unpaired) electrons. The lowest BCUT2D eigenvalue weighted by atomic mass is 10.2. The van der Waals surface area contributed by atoms with Crippen LogP contribution >= 0.6 is 0 Å². The minimum Gasteiger partial charge on any atom is -0.364 e. The summed E-state index contributed by atoms with van der Waals surface area (Å²) in [5.41, 5.74) is 0.168. The molecule has 0 spiro atoms. The van der Waals surface area contributed by atoms with Gasteiger partial charge in [0.2, 0.25) is 0 Å². The largest absolute Gasteiger partial charge is 0.364 e. The van der Waals surface area contributed by atoms with Crippen molar-refractivity contribution in [1.29, 1.82) is 0 Å². The molecule has 0 amide bonds. The lowest BCUT2D eigenvalue weighted by Crippen LogP contribution is -2.04. The van der Waals surface area contributed by atoms with Crippen molar-refractivity contribution in [2.24, 2.45) is 0 Å². The van der Waals surface area contributed by atoms with Gasteiger partial charge in [0.05, 0.1) is 5.69 Å². The number of nitrogens with zero attached hydrogens (tertiary/aromatic N) is 1. The van der Waals surface area contributed by atoms with Crippen molar-refractivity contribution in [3.05, 3.63) is 35.9 Å². The second-order valence-electron chi connectivity index (χ2n) is 2.39. The molecule has 0 aromatic carbocycles. The van der Waals surface area contributed by atoms with Crippen LogP contribution in [0.25, 0.3) is 6.08 Å². The fourth-order valence-electron chi connectivity index (χ4n) is 0.936. The Morgan fingerprint density at radius 3 is 3.00 bits per heavy atom. The Bertz CT molecular complexity index is 314. The van der Waals surface area contributed by atoms with Gasteiger partial charge >= 0.3 is 0 Å². The number of aromatic nitrogens is 1. The highest BCUT2D eigenvalue weighted by atomic mass is 19.1. The van der Waals surface area contributed by atoms with Crippen LogP contribution in [0.15, 0.2) is 18.8 Å². The molecule has 0 bridgehead atoms. The highest BCUT2D eigenvalue weighted by Gasteiger charge is 2.13. The van der Waals surface area contributed by atoms with Crippen molar-refractivity contribution in [2.45, 2.75) is 6.29 Å². The summed E-state index contributed by atoms with van der Waals surface area (Å²) < 4.78 is 17.9. The number of halogens is 1. The molecule has 1 aromatic heterocycles. The Morgan fingerprint density at radius 1 is 1.77 bits per heavy atom. The van der Waals surface area contributed by atoms with E-state index in [1.54, 1.807) is 0 Å². The van der Waals surface area contributed by atoms with E-state index in [9.17, 15) is 9.50 Å². The van der Waals surface area contributed by atoms with Crippen molar-refractivity contribution in [3.8, 4) is 0 Å². The topological polar surface area (TPSA) is 42.4 Å². The van der Waals surface area contributed by atoms with E-state index in [-0.39, 0.29) is 11.3 Å². The van der Waals surface area contributed by atoms with E-state index >= 15 is 0 Å². The fourth-order valence-corrected chi connectivity index (χ4v) is 0.936. The van der Waals surface area contributed by atoms with Crippen molar-refractivity contribution in [1.82, 2.24) is 4.98 Å². The number of ether oxygens (including phenoxy) is 1. The maximum atomic E-state index is 13.3. The first-order valence-corrected chi connectivity index (χ1v) is 3.68. The van der Waals surface area contributed by atoms with Gasteiger partial charge in [0.25, 0.3) is 0 Å². The predicted octanol–water partition coefficient (Wildman–Crippen LogP) is 1.50. The number of aliphatic hydroxyl groups excluding tert-OH is 1. The standard InChI is InChI=1S/C9H10FNO2/c1-3-7-8(10)6(4-5-11-7)9(12)13-2/h3-5,9,12H,1H2,2H3. The Labute approximate surface area is 75.5 Å². The van der Waals surface area contributed by atoms with Crippen LogP contribution in [-0.4, -0.2) is 17.2 Å². The summed E-state index contributed by atoms with van der Waals surface area (Å²) in [6.45, 7) is 3.39. The van der Waals surface area contributed by atoms with Gasteiger partial charge in [-0.25, -0.2) is 4.39 Å². The summed E-state index contributed by atoms with van der Waals surface area (Å²) in [6.07, 6.45) is 1.40. The lowest BCUT2D eigenvalue weighted by Gasteiger charge is -2.10. The number of hydrogen-bond donors (Lipinski definition) is 1. The second-order valence-corrected chi connectivity index (χ2v) is 2.39. The Kier molecular flexibility index (Phi) is 3.11. The zero-order valence-corrected chi connectivity index (χ0v) is 7.20. The fraction of sp³-hybridized carbons (Fsp3) is 0.222. The van der Waals surface area contributed by atoms with Gasteiger partial charge in [0.1, 0.15) is 0 Å². The molecule has 1 heterocycles. The molecule has 1 unspecified atom stereocenters. The molecule has 1 N–H and O–H groups in total. The van der Waals surface area contributed by atoms with Gasteiger partial charge in [-0.15, -0.1) is 0 Å². The van der Waals surface area contributed by atoms with E-state index in [2.05, 4.69) is 16.3 Å². The first-order valence-electron chi connectivity index (χ1n) is 3.68. The molecular weight excluding hydrogens is 173 g/mol. The second kappa shape index (κ2) is 4.11. The molecule has 0 fully saturated rings. The van der Waals surface area contributed by atoms with E-state index in [4.69, 9.17) is 0 Å². The Morgan fingerprint density at radius 2 is 2.46 bits per heavy atom. The number of rotatable bonds is 3. The van der Waals surface area contributed by atoms with Crippen LogP contribution in [0.1, 0.15) is 17.5 Å². The van der Waals surface area contributed by atoms with Crippen LogP contribution in [-0.2, 0) is 4.74 Å². The average Bonchev–Trinajstić information content (AvgIpc) is 2.17. The van der Waals surface area contributed by atoms with E-state index in [0.717, 1.165) is 0 Å². The highest BCUT2D eigenvalue weighted by Crippen LogP contribution is 2.19. The van der Waals surface area contributed by atoms with Gasteiger partial charge < -0.3 is 9.84 Å². The normalized spacial score (nSPS) is 12.5. The number of pyridine rings is 1. The first kappa shape index (κ1) is 9.83. The SMILES string of the molecule is C=Cc1nccc(C(O)OC)c1F. The van der Waals surface area contributed by atoms with E-state index in [0.29, 0.717) is 0 Å². The Hall–Kier alpha value is -1.26. The highest BCUT2D eigenvalue weighted by molar-refractivity contribution is 5.44. The molecule has 0 saturated heterocycles. The monoisotopic (exact) mass is 183 g/mol. The van der Waals surface area contributed by atoms with E-state index in [1.165, 1.54) is 25.4 Å². The third-order valence-corrected chi connectivity index (χ3v) is 1.63. The molecule has 1 aromatic rings. The maximum Gasteiger partial charge on any atom is 0.183 e. The quantitative estimate of drug-likeness (QED) is 0.722. The Balaban J connectivity index is 3.15. The van der Waals surface area contributed by atoms with Crippen LogP contribution in [0, 0.1) is 5.82 Å². The molecule has 3 nitrogen and oxygen atoms in total. The third kappa shape index (κ3) is 1.91. The van der Waals surface area contributed by atoms with Crippen LogP contribution in [0.4, 0.5) is 4.39 Å². The molecule has 0 aliphatic rings. The molecule has 1 atom stereocenters. The molecule has 0 aliphatic heterocycles. The summed E-state index contributed by atoms with van der Waals surface area (Å²) in [4.78, 5) is 3.71. The van der Waals surface area contributed by atoms with Crippen LogP contribution < -0.4 is 0 Å². The summed E-state index contributed by atoms with van der Waals surface area (Å²) in [5.74, 6) is -0.605. The van der Waals surface area contributed by atoms with Gasteiger partial charge in [-0.3, -0.25) is 4.98 Å². The summed E-state index contributed by atoms with van der Waals surface area (Å²) in [7, 11) is 1.29. The molecule has 0 saturated carbocycles. The van der Waals surface area contributed by atoms with E-state index in [1.807, 2.05) is 0 Å². The predicted molar refractivity (Wildman–Crippen MR) is 46.3 cm³/mol. The zero-order valence-electron chi connectivity index (χ0n) is 7.20. The van der Waals surface area contributed by atoms with Gasteiger partial charge in [0.15, 0.2) is 12.1 Å². The van der Waals surface area contributed by atoms with Gasteiger partial charge in [0, 0.05) is 18.9 Å². The first-order chi connectivity index (χ1) is 6.20. The van der Waals surface area contributed by atoms with E-state index < -0.39 is 12.1 Å². The van der Waals surface area contributed by atoms with Crippen molar-refractivity contribution < 1.29 is 14.2 Å². The zero-order chi connectivity index (χ0) is 9.84. The minimum atomic E-state index is -1.26. The summed E-state index contributed by atoms with van der Waals surface area (Å²) >= 11 is 0. The number of methoxy groups -OCH3 is 1. The van der Waals surface area contributed by atoms with Gasteiger partial charge in [-0.1, -0.05) is 6.58 Å². The maximum absolute atomic E-state index is 13.3. The van der Waals surface area contributed by atoms with Crippen molar-refractivity contribution in [2.75, 3.05) is 7.11 Å². The average molecular weight is 183 g/mol. The van der Waals surface area contributed by atoms with Crippen LogP contribution in [0.2, 0.25) is 0 Å². The molecular formula is C9H10FNO2. The van der Waals surface area contributed by atoms with Crippen LogP contribution in [0.3, 0.4) is 0 Å². The summed E-state index contributed by atoms with van der Waals surface area (Å²) in [6, 6.07) is 1.36.